The first-order valence-electron chi connectivity index (χ1n) is 9.52. The van der Waals surface area contributed by atoms with E-state index in [-0.39, 0.29) is 11.5 Å². The van der Waals surface area contributed by atoms with Crippen molar-refractivity contribution in [2.75, 3.05) is 7.11 Å². The highest BCUT2D eigenvalue weighted by atomic mass is 32.1. The molecule has 31 heavy (non-hydrogen) atoms. The van der Waals surface area contributed by atoms with Crippen LogP contribution >= 0.6 is 11.3 Å². The molecule has 0 aliphatic carbocycles. The number of thiophene rings is 1. The number of amides is 1. The number of carbonyl (C=O) groups is 1. The normalized spacial score (nSPS) is 11.4. The number of rotatable bonds is 6. The lowest BCUT2D eigenvalue weighted by Gasteiger charge is -2.05. The number of aromatic nitrogens is 2. The lowest BCUT2D eigenvalue weighted by atomic mass is 10.1. The van der Waals surface area contributed by atoms with Crippen LogP contribution in [0.15, 0.2) is 82.0 Å². The third kappa shape index (κ3) is 4.19. The van der Waals surface area contributed by atoms with E-state index in [1.165, 1.54) is 16.0 Å². The Morgan fingerprint density at radius 1 is 1.06 bits per heavy atom. The molecule has 4 aromatic rings. The number of para-hydroxylation sites is 1. The molecule has 0 bridgehead atoms. The first-order chi connectivity index (χ1) is 15.1. The molecular weight excluding hydrogens is 412 g/mol. The van der Waals surface area contributed by atoms with Gasteiger partial charge in [0.1, 0.15) is 5.75 Å². The zero-order valence-electron chi connectivity index (χ0n) is 17.0. The second-order valence-electron chi connectivity index (χ2n) is 6.68. The molecule has 2 aromatic carbocycles. The summed E-state index contributed by atoms with van der Waals surface area (Å²) in [5.41, 5.74) is 5.14. The minimum Gasteiger partial charge on any atom is -0.497 e. The molecule has 0 saturated carbocycles. The Morgan fingerprint density at radius 3 is 2.45 bits per heavy atom. The number of methoxy groups -OCH3 is 1. The van der Waals surface area contributed by atoms with Crippen molar-refractivity contribution in [3.05, 3.63) is 92.9 Å². The molecule has 2 heterocycles. The Morgan fingerprint density at radius 2 is 1.81 bits per heavy atom. The largest absolute Gasteiger partial charge is 0.497 e. The topological polar surface area (TPSA) is 88.5 Å². The first kappa shape index (κ1) is 20.4. The van der Waals surface area contributed by atoms with E-state index < -0.39 is 0 Å². The van der Waals surface area contributed by atoms with Crippen LogP contribution in [0.3, 0.4) is 0 Å². The van der Waals surface area contributed by atoms with Gasteiger partial charge in [-0.3, -0.25) is 14.7 Å². The summed E-state index contributed by atoms with van der Waals surface area (Å²) in [6, 6.07) is 20.2. The number of H-pyrrole nitrogens is 1. The molecule has 2 N–H and O–H groups in total. The fraction of sp³-hybridized carbons (Fsp3) is 0.0870. The second kappa shape index (κ2) is 8.85. The minimum atomic E-state index is -0.320. The van der Waals surface area contributed by atoms with Gasteiger partial charge in [-0.1, -0.05) is 24.3 Å². The fourth-order valence-electron chi connectivity index (χ4n) is 3.15. The molecule has 0 saturated heterocycles. The first-order valence-corrected chi connectivity index (χ1v) is 10.4. The molecule has 1 amide bonds. The third-order valence-corrected chi connectivity index (χ3v) is 5.58. The van der Waals surface area contributed by atoms with Gasteiger partial charge in [0.25, 0.3) is 11.5 Å². The van der Waals surface area contributed by atoms with Crippen LogP contribution in [-0.4, -0.2) is 28.5 Å². The van der Waals surface area contributed by atoms with Crippen LogP contribution in [0.25, 0.3) is 16.9 Å². The summed E-state index contributed by atoms with van der Waals surface area (Å²) in [6.07, 6.45) is 0. The van der Waals surface area contributed by atoms with Crippen LogP contribution in [-0.2, 0) is 0 Å². The summed E-state index contributed by atoms with van der Waals surface area (Å²) < 4.78 is 6.70. The average Bonchev–Trinajstić information content (AvgIpc) is 3.46. The summed E-state index contributed by atoms with van der Waals surface area (Å²) in [4.78, 5) is 26.1. The smallest absolute Gasteiger partial charge is 0.281 e. The summed E-state index contributed by atoms with van der Waals surface area (Å²) in [5.74, 6) is 0.392. The van der Waals surface area contributed by atoms with E-state index in [2.05, 4.69) is 15.6 Å². The molecule has 0 spiro atoms. The van der Waals surface area contributed by atoms with Gasteiger partial charge in [0.15, 0.2) is 0 Å². The standard InChI is InChI=1S/C23H20N4O3S/c1-15(24-25-22(28)19-9-6-14-31-19)20-21(16-10-12-18(30-2)13-11-16)26-27(23(20)29)17-7-4-3-5-8-17/h3-14,26H,1-2H3,(H,25,28)/b24-15+. The number of aromatic amines is 1. The Kier molecular flexibility index (Phi) is 5.81. The Labute approximate surface area is 182 Å². The molecular formula is C23H20N4O3S. The molecule has 0 atom stereocenters. The van der Waals surface area contributed by atoms with Crippen molar-refractivity contribution in [2.24, 2.45) is 5.10 Å². The van der Waals surface area contributed by atoms with E-state index in [4.69, 9.17) is 4.74 Å². The van der Waals surface area contributed by atoms with Crippen LogP contribution in [0.4, 0.5) is 0 Å². The number of nitrogens with zero attached hydrogens (tertiary/aromatic N) is 2. The monoisotopic (exact) mass is 432 g/mol. The highest BCUT2D eigenvalue weighted by Gasteiger charge is 2.20. The Balaban J connectivity index is 1.78. The second-order valence-corrected chi connectivity index (χ2v) is 7.63. The van der Waals surface area contributed by atoms with Crippen molar-refractivity contribution in [3.63, 3.8) is 0 Å². The predicted molar refractivity (Wildman–Crippen MR) is 122 cm³/mol. The van der Waals surface area contributed by atoms with Crippen molar-refractivity contribution in [2.45, 2.75) is 6.92 Å². The highest BCUT2D eigenvalue weighted by Crippen LogP contribution is 2.24. The lowest BCUT2D eigenvalue weighted by Crippen LogP contribution is -2.23. The Hall–Kier alpha value is -3.91. The lowest BCUT2D eigenvalue weighted by molar-refractivity contribution is 0.0959. The van der Waals surface area contributed by atoms with Crippen molar-refractivity contribution >= 4 is 23.0 Å². The number of hydrazone groups is 1. The predicted octanol–water partition coefficient (Wildman–Crippen LogP) is 4.06. The molecule has 0 unspecified atom stereocenters. The van der Waals surface area contributed by atoms with Crippen LogP contribution in [0.1, 0.15) is 22.2 Å². The van der Waals surface area contributed by atoms with Crippen molar-refractivity contribution in [3.8, 4) is 22.7 Å². The molecule has 156 valence electrons. The van der Waals surface area contributed by atoms with Crippen LogP contribution in [0.2, 0.25) is 0 Å². The Bertz CT molecular complexity index is 1270. The molecule has 7 nitrogen and oxygen atoms in total. The maximum atomic E-state index is 13.3. The number of benzene rings is 2. The zero-order valence-corrected chi connectivity index (χ0v) is 17.8. The van der Waals surface area contributed by atoms with Gasteiger partial charge < -0.3 is 4.74 Å². The average molecular weight is 433 g/mol. The summed E-state index contributed by atoms with van der Waals surface area (Å²) in [5, 5.41) is 9.21. The maximum absolute atomic E-state index is 13.3. The summed E-state index contributed by atoms with van der Waals surface area (Å²) in [6.45, 7) is 1.70. The number of hydrogen-bond acceptors (Lipinski definition) is 5. The minimum absolute atomic E-state index is 0.261. The molecule has 8 heteroatoms. The summed E-state index contributed by atoms with van der Waals surface area (Å²) in [7, 11) is 1.60. The van der Waals surface area contributed by atoms with E-state index in [0.29, 0.717) is 33.3 Å². The molecule has 0 aliphatic rings. The summed E-state index contributed by atoms with van der Waals surface area (Å²) >= 11 is 1.32. The van der Waals surface area contributed by atoms with Crippen LogP contribution in [0, 0.1) is 0 Å². The van der Waals surface area contributed by atoms with Gasteiger partial charge in [0.2, 0.25) is 0 Å². The van der Waals surface area contributed by atoms with E-state index >= 15 is 0 Å². The van der Waals surface area contributed by atoms with Gasteiger partial charge in [0, 0.05) is 5.56 Å². The van der Waals surface area contributed by atoms with Gasteiger partial charge in [0.05, 0.1) is 34.6 Å². The van der Waals surface area contributed by atoms with E-state index in [9.17, 15) is 9.59 Å². The molecule has 4 rings (SSSR count). The SMILES string of the molecule is COc1ccc(-c2[nH]n(-c3ccccc3)c(=O)c2/C(C)=N/NC(=O)c2cccs2)cc1. The van der Waals surface area contributed by atoms with Crippen LogP contribution in [0.5, 0.6) is 5.75 Å². The van der Waals surface area contributed by atoms with E-state index in [1.807, 2.05) is 60.0 Å². The van der Waals surface area contributed by atoms with Gasteiger partial charge >= 0.3 is 0 Å². The highest BCUT2D eigenvalue weighted by molar-refractivity contribution is 7.12. The van der Waals surface area contributed by atoms with E-state index in [1.54, 1.807) is 26.2 Å². The number of nitrogens with one attached hydrogen (secondary N) is 2. The fourth-order valence-corrected chi connectivity index (χ4v) is 3.77. The molecule has 2 aromatic heterocycles. The van der Waals surface area contributed by atoms with Gasteiger partial charge in [-0.2, -0.15) is 5.10 Å². The van der Waals surface area contributed by atoms with Crippen LogP contribution < -0.4 is 15.7 Å². The number of ether oxygens (including phenoxy) is 1. The quantitative estimate of drug-likeness (QED) is 0.356. The van der Waals surface area contributed by atoms with E-state index in [0.717, 1.165) is 5.56 Å². The van der Waals surface area contributed by atoms with Gasteiger partial charge in [-0.15, -0.1) is 11.3 Å². The van der Waals surface area contributed by atoms with Gasteiger partial charge in [-0.25, -0.2) is 10.1 Å². The maximum Gasteiger partial charge on any atom is 0.281 e. The molecule has 0 fully saturated rings. The van der Waals surface area contributed by atoms with Crippen molar-refractivity contribution in [1.82, 2.24) is 15.2 Å². The van der Waals surface area contributed by atoms with Crippen molar-refractivity contribution < 1.29 is 9.53 Å². The molecule has 0 aliphatic heterocycles. The van der Waals surface area contributed by atoms with Crippen molar-refractivity contribution in [1.29, 1.82) is 0 Å². The molecule has 0 radical (unpaired) electrons. The zero-order chi connectivity index (χ0) is 21.8. The number of hydrogen-bond donors (Lipinski definition) is 2. The third-order valence-electron chi connectivity index (χ3n) is 4.72. The van der Waals surface area contributed by atoms with Gasteiger partial charge in [-0.05, 0) is 54.8 Å². The number of carbonyl (C=O) groups excluding carboxylic acids is 1.